The summed E-state index contributed by atoms with van der Waals surface area (Å²) in [5.74, 6) is 0.959. The molecule has 6 rings (SSSR count). The van der Waals surface area contributed by atoms with Gasteiger partial charge in [-0.05, 0) is 122 Å². The zero-order valence-corrected chi connectivity index (χ0v) is 44.5. The zero-order valence-electron chi connectivity index (χ0n) is 43.7. The molecule has 0 bridgehead atoms. The van der Waals surface area contributed by atoms with Crippen molar-refractivity contribution < 1.29 is 17.4 Å². The minimum absolute atomic E-state index is 0.191. The fraction of sp³-hybridized carbons (Fsp3) is 0.467. The van der Waals surface area contributed by atoms with Crippen LogP contribution < -0.4 is 20.1 Å². The van der Waals surface area contributed by atoms with E-state index >= 15 is 0 Å². The van der Waals surface area contributed by atoms with Gasteiger partial charge in [-0.2, -0.15) is 0 Å². The van der Waals surface area contributed by atoms with Gasteiger partial charge in [-0.1, -0.05) is 130 Å². The van der Waals surface area contributed by atoms with E-state index in [1.54, 1.807) is 12.1 Å². The number of nitrogens with zero attached hydrogens (tertiary/aromatic N) is 3. The van der Waals surface area contributed by atoms with Gasteiger partial charge in [-0.3, -0.25) is 4.99 Å². The normalized spacial score (nSPS) is 13.5. The molecule has 0 fully saturated rings. The fourth-order valence-corrected chi connectivity index (χ4v) is 9.72. The van der Waals surface area contributed by atoms with Gasteiger partial charge in [0.15, 0.2) is 22.2 Å². The minimum Gasteiger partial charge on any atom is -0.456 e. The number of hydrogen-bond acceptors (Lipinski definition) is 6. The van der Waals surface area contributed by atoms with Gasteiger partial charge in [0.25, 0.3) is 0 Å². The van der Waals surface area contributed by atoms with Crippen LogP contribution >= 0.6 is 0 Å². The number of benzene rings is 4. The van der Waals surface area contributed by atoms with E-state index in [4.69, 9.17) is 9.41 Å². The molecule has 2 unspecified atom stereocenters. The Balaban J connectivity index is 0.000000303. The number of nitrogens with one attached hydrogen (secondary N) is 1. The zero-order chi connectivity index (χ0) is 49.5. The molecule has 0 amide bonds. The van der Waals surface area contributed by atoms with Crippen molar-refractivity contribution in [1.29, 1.82) is 0 Å². The lowest BCUT2D eigenvalue weighted by Gasteiger charge is -2.18. The summed E-state index contributed by atoms with van der Waals surface area (Å²) in [7, 11) is 0.784. The average molecular weight is 940 g/mol. The van der Waals surface area contributed by atoms with Gasteiger partial charge >= 0.3 is 0 Å². The molecule has 366 valence electrons. The first-order valence-electron chi connectivity index (χ1n) is 25.3. The van der Waals surface area contributed by atoms with Crippen molar-refractivity contribution in [3.05, 3.63) is 132 Å². The van der Waals surface area contributed by atoms with Crippen molar-refractivity contribution in [3.63, 3.8) is 0 Å². The van der Waals surface area contributed by atoms with Gasteiger partial charge in [0.2, 0.25) is 0 Å². The third-order valence-electron chi connectivity index (χ3n) is 12.7. The Kier molecular flexibility index (Phi) is 19.8. The number of pyridine rings is 1. The lowest BCUT2D eigenvalue weighted by atomic mass is 9.89. The molecule has 1 aliphatic heterocycles. The van der Waals surface area contributed by atoms with Gasteiger partial charge < -0.3 is 14.6 Å². The number of hydrogen-bond donors (Lipinski definition) is 1. The Bertz CT molecular complexity index is 2650. The Morgan fingerprint density at radius 2 is 1.34 bits per heavy atom. The summed E-state index contributed by atoms with van der Waals surface area (Å²) < 4.78 is 35.2. The number of fused-ring (bicyclic) bond motifs is 2. The van der Waals surface area contributed by atoms with E-state index in [1.807, 2.05) is 24.3 Å². The molecule has 0 spiro atoms. The van der Waals surface area contributed by atoms with Gasteiger partial charge in [0.1, 0.15) is 17.9 Å². The summed E-state index contributed by atoms with van der Waals surface area (Å²) in [5, 5.41) is 5.38. The summed E-state index contributed by atoms with van der Waals surface area (Å²) >= 11 is 0. The highest BCUT2D eigenvalue weighted by molar-refractivity contribution is 7.91. The second-order valence-corrected chi connectivity index (χ2v) is 23.5. The SMILES string of the molecule is CCNC(C)c1ccc2c(-c3ccc(S(=O)(=O)CCCCCCCC(C)(C)C)cc3)c3ccc(=NC(C)CC)cc-3oc2c1.CN(C)c1ccc(/C=C/c2cc[n+](CCCC(C)(C)C)cc2)cc1. The van der Waals surface area contributed by atoms with E-state index in [-0.39, 0.29) is 17.8 Å². The molecule has 0 saturated heterocycles. The van der Waals surface area contributed by atoms with Crippen LogP contribution in [0.3, 0.4) is 0 Å². The van der Waals surface area contributed by atoms with Crippen molar-refractivity contribution in [2.45, 2.75) is 151 Å². The Labute approximate surface area is 411 Å². The largest absolute Gasteiger partial charge is 0.456 e. The molecule has 2 aliphatic rings. The predicted molar refractivity (Wildman–Crippen MR) is 290 cm³/mol. The minimum atomic E-state index is -3.34. The molecule has 2 heterocycles. The molecule has 2 atom stereocenters. The number of unbranched alkanes of at least 4 members (excludes halogenated alkanes) is 4. The van der Waals surface area contributed by atoms with Gasteiger partial charge in [-0.15, -0.1) is 0 Å². The highest BCUT2D eigenvalue weighted by Gasteiger charge is 2.20. The van der Waals surface area contributed by atoms with Crippen LogP contribution in [0.2, 0.25) is 0 Å². The van der Waals surface area contributed by atoms with Crippen LogP contribution in [-0.4, -0.2) is 40.9 Å². The summed E-state index contributed by atoms with van der Waals surface area (Å²) in [5.41, 5.74) is 9.41. The Morgan fingerprint density at radius 1 is 0.721 bits per heavy atom. The Morgan fingerprint density at radius 3 is 1.96 bits per heavy atom. The van der Waals surface area contributed by atoms with Crippen LogP contribution in [0.1, 0.15) is 150 Å². The maximum absolute atomic E-state index is 13.2. The lowest BCUT2D eigenvalue weighted by Crippen LogP contribution is -2.33. The first-order chi connectivity index (χ1) is 32.2. The maximum Gasteiger partial charge on any atom is 0.178 e. The molecule has 3 aromatic carbocycles. The quantitative estimate of drug-likeness (QED) is 0.0469. The number of aryl methyl sites for hydroxylation is 1. The van der Waals surface area contributed by atoms with Crippen LogP contribution in [0, 0.1) is 10.8 Å². The van der Waals surface area contributed by atoms with E-state index in [0.29, 0.717) is 22.1 Å². The summed E-state index contributed by atoms with van der Waals surface area (Å²) in [6.45, 7) is 24.2. The van der Waals surface area contributed by atoms with Crippen LogP contribution in [0.4, 0.5) is 5.69 Å². The summed E-state index contributed by atoms with van der Waals surface area (Å²) in [6, 6.07) is 33.3. The summed E-state index contributed by atoms with van der Waals surface area (Å²) in [4.78, 5) is 7.34. The first kappa shape index (κ1) is 53.9. The first-order valence-corrected chi connectivity index (χ1v) is 27.0. The van der Waals surface area contributed by atoms with Gasteiger partial charge in [-0.25, -0.2) is 13.0 Å². The van der Waals surface area contributed by atoms with E-state index < -0.39 is 9.84 Å². The second kappa shape index (κ2) is 25.0. The van der Waals surface area contributed by atoms with Crippen molar-refractivity contribution >= 4 is 38.6 Å². The number of aromatic nitrogens is 1. The molecule has 1 aromatic heterocycles. The molecular formula is C60H83N4O3S+. The Hall–Kier alpha value is -5.05. The third-order valence-corrected chi connectivity index (χ3v) is 14.5. The number of rotatable bonds is 20. The standard InChI is InChI=1S/C38H52N2O3S.C22H31N2/c1-8-27(3)40-31-18-22-34-36(26-31)43-35-25-30(28(4)39-9-2)17-21-33(35)37(34)29-15-19-32(20-16-29)44(41,42)24-14-12-10-11-13-23-38(5,6)7;1-22(2,3)15-6-16-24-17-13-20(14-18-24)8-7-19-9-11-21(12-10-19)23(4)5/h15-22,25-28,39H,8-14,23-24H2,1-7H3;7-14,17-18H,6,15-16H2,1-5H3/q;+1. The van der Waals surface area contributed by atoms with Gasteiger partial charge in [0.05, 0.1) is 16.0 Å². The molecule has 7 nitrogen and oxygen atoms in total. The van der Waals surface area contributed by atoms with Crippen molar-refractivity contribution in [3.8, 4) is 22.5 Å². The molecule has 1 N–H and O–H groups in total. The molecule has 68 heavy (non-hydrogen) atoms. The predicted octanol–water partition coefficient (Wildman–Crippen LogP) is 14.8. The third kappa shape index (κ3) is 16.9. The topological polar surface area (TPSA) is 78.8 Å². The van der Waals surface area contributed by atoms with Crippen LogP contribution in [0.5, 0.6) is 0 Å². The maximum atomic E-state index is 13.2. The van der Waals surface area contributed by atoms with E-state index in [9.17, 15) is 8.42 Å². The highest BCUT2D eigenvalue weighted by Crippen LogP contribution is 2.41. The smallest absolute Gasteiger partial charge is 0.178 e. The second-order valence-electron chi connectivity index (χ2n) is 21.4. The number of sulfone groups is 1. The van der Waals surface area contributed by atoms with E-state index in [0.717, 1.165) is 76.7 Å². The molecule has 8 heteroatoms. The van der Waals surface area contributed by atoms with Crippen molar-refractivity contribution in [2.24, 2.45) is 15.8 Å². The summed E-state index contributed by atoms with van der Waals surface area (Å²) in [6.07, 6.45) is 18.5. The monoisotopic (exact) mass is 940 g/mol. The molecule has 0 saturated carbocycles. The van der Waals surface area contributed by atoms with Crippen molar-refractivity contribution in [2.75, 3.05) is 31.3 Å². The highest BCUT2D eigenvalue weighted by atomic mass is 32.2. The average Bonchev–Trinajstić information content (AvgIpc) is 3.29. The van der Waals surface area contributed by atoms with E-state index in [2.05, 4.69) is 183 Å². The number of anilines is 1. The van der Waals surface area contributed by atoms with Crippen LogP contribution in [0.15, 0.2) is 124 Å². The molecule has 1 aliphatic carbocycles. The molecule has 0 radical (unpaired) electrons. The van der Waals surface area contributed by atoms with Gasteiger partial charge in [0, 0.05) is 73.0 Å². The van der Waals surface area contributed by atoms with Crippen LogP contribution in [-0.2, 0) is 16.4 Å². The lowest BCUT2D eigenvalue weighted by molar-refractivity contribution is -0.697. The molecular weight excluding hydrogens is 857 g/mol. The van der Waals surface area contributed by atoms with E-state index in [1.165, 1.54) is 48.9 Å². The molecule has 4 aromatic rings. The fourth-order valence-electron chi connectivity index (χ4n) is 8.35. The van der Waals surface area contributed by atoms with Crippen LogP contribution in [0.25, 0.3) is 45.6 Å². The van der Waals surface area contributed by atoms with Crippen molar-refractivity contribution in [1.82, 2.24) is 5.32 Å².